The number of nitrogens with zero attached hydrogens (tertiary/aromatic N) is 1. The maximum Gasteiger partial charge on any atom is 0.513 e. The quantitative estimate of drug-likeness (QED) is 0.336. The van der Waals surface area contributed by atoms with E-state index in [1.807, 2.05) is 13.8 Å². The lowest BCUT2D eigenvalue weighted by Crippen LogP contribution is -2.06. The first kappa shape index (κ1) is 13.9. The molecule has 0 atom stereocenters. The van der Waals surface area contributed by atoms with Gasteiger partial charge in [0, 0.05) is 12.1 Å². The number of nitro benzene ring substituents is 1. The Balaban J connectivity index is 0.00000106. The average Bonchev–Trinajstić information content (AvgIpc) is 2.32. The SMILES string of the molecule is CC.COC(=O)Oc1ccc([N+](=O)[O-])cc1. The monoisotopic (exact) mass is 227 g/mol. The zero-order chi connectivity index (χ0) is 12.6. The fraction of sp³-hybridized carbons (Fsp3) is 0.300. The summed E-state index contributed by atoms with van der Waals surface area (Å²) in [6.07, 6.45) is -0.862. The summed E-state index contributed by atoms with van der Waals surface area (Å²) >= 11 is 0. The third-order valence-electron chi connectivity index (χ3n) is 1.42. The summed E-state index contributed by atoms with van der Waals surface area (Å²) in [6.45, 7) is 4.00. The summed E-state index contributed by atoms with van der Waals surface area (Å²) in [7, 11) is 1.17. The van der Waals surface area contributed by atoms with E-state index in [2.05, 4.69) is 9.47 Å². The number of non-ortho nitro benzene ring substituents is 1. The van der Waals surface area contributed by atoms with E-state index in [0.717, 1.165) is 0 Å². The normalized spacial score (nSPS) is 8.44. The molecule has 0 aliphatic rings. The number of carbonyl (C=O) groups excluding carboxylic acids is 1. The van der Waals surface area contributed by atoms with Gasteiger partial charge in [-0.1, -0.05) is 13.8 Å². The van der Waals surface area contributed by atoms with Gasteiger partial charge in [0.2, 0.25) is 0 Å². The Morgan fingerprint density at radius 3 is 2.12 bits per heavy atom. The van der Waals surface area contributed by atoms with Gasteiger partial charge in [-0.3, -0.25) is 10.1 Å². The second kappa shape index (κ2) is 7.22. The van der Waals surface area contributed by atoms with Gasteiger partial charge in [0.1, 0.15) is 5.75 Å². The van der Waals surface area contributed by atoms with E-state index in [1.165, 1.54) is 31.4 Å². The van der Waals surface area contributed by atoms with Gasteiger partial charge in [0.15, 0.2) is 0 Å². The molecular formula is C10H13NO5. The topological polar surface area (TPSA) is 78.7 Å². The van der Waals surface area contributed by atoms with Crippen molar-refractivity contribution in [2.45, 2.75) is 13.8 Å². The van der Waals surface area contributed by atoms with Crippen LogP contribution in [0.25, 0.3) is 0 Å². The highest BCUT2D eigenvalue weighted by molar-refractivity contribution is 5.63. The van der Waals surface area contributed by atoms with Crippen LogP contribution in [0.4, 0.5) is 10.5 Å². The molecule has 0 aromatic heterocycles. The fourth-order valence-electron chi connectivity index (χ4n) is 0.774. The van der Waals surface area contributed by atoms with Crippen molar-refractivity contribution in [3.63, 3.8) is 0 Å². The second-order valence-corrected chi connectivity index (χ2v) is 2.31. The number of benzene rings is 1. The molecule has 0 aliphatic carbocycles. The molecule has 0 fully saturated rings. The minimum absolute atomic E-state index is 0.0674. The molecule has 0 heterocycles. The Kier molecular flexibility index (Phi) is 6.27. The van der Waals surface area contributed by atoms with Crippen molar-refractivity contribution in [2.24, 2.45) is 0 Å². The highest BCUT2D eigenvalue weighted by atomic mass is 16.7. The molecule has 88 valence electrons. The number of hydrogen-bond donors (Lipinski definition) is 0. The van der Waals surface area contributed by atoms with Crippen molar-refractivity contribution in [2.75, 3.05) is 7.11 Å². The van der Waals surface area contributed by atoms with Crippen LogP contribution in [-0.2, 0) is 4.74 Å². The first-order valence-corrected chi connectivity index (χ1v) is 4.63. The van der Waals surface area contributed by atoms with Crippen molar-refractivity contribution in [1.29, 1.82) is 0 Å². The van der Waals surface area contributed by atoms with Crippen LogP contribution < -0.4 is 4.74 Å². The molecule has 6 heteroatoms. The number of nitro groups is 1. The molecule has 0 radical (unpaired) electrons. The van der Waals surface area contributed by atoms with Crippen LogP contribution in [0.1, 0.15) is 13.8 Å². The molecule has 0 amide bonds. The van der Waals surface area contributed by atoms with Gasteiger partial charge in [-0.05, 0) is 12.1 Å². The molecule has 1 aromatic carbocycles. The van der Waals surface area contributed by atoms with Crippen molar-refractivity contribution >= 4 is 11.8 Å². The van der Waals surface area contributed by atoms with E-state index in [1.54, 1.807) is 0 Å². The van der Waals surface area contributed by atoms with Crippen molar-refractivity contribution in [3.8, 4) is 5.75 Å². The third-order valence-corrected chi connectivity index (χ3v) is 1.42. The summed E-state index contributed by atoms with van der Waals surface area (Å²) < 4.78 is 8.85. The Morgan fingerprint density at radius 2 is 1.75 bits per heavy atom. The van der Waals surface area contributed by atoms with Crippen LogP contribution in [0.3, 0.4) is 0 Å². The zero-order valence-corrected chi connectivity index (χ0v) is 9.30. The Bertz CT molecular complexity index is 347. The lowest BCUT2D eigenvalue weighted by atomic mass is 10.3. The highest BCUT2D eigenvalue weighted by Gasteiger charge is 2.07. The molecule has 0 N–H and O–H groups in total. The number of carbonyl (C=O) groups is 1. The average molecular weight is 227 g/mol. The molecule has 6 nitrogen and oxygen atoms in total. The fourth-order valence-corrected chi connectivity index (χ4v) is 0.774. The summed E-state index contributed by atoms with van der Waals surface area (Å²) in [4.78, 5) is 20.3. The molecule has 1 rings (SSSR count). The van der Waals surface area contributed by atoms with E-state index in [4.69, 9.17) is 0 Å². The first-order valence-electron chi connectivity index (χ1n) is 4.63. The molecule has 0 unspecified atom stereocenters. The van der Waals surface area contributed by atoms with E-state index in [9.17, 15) is 14.9 Å². The van der Waals surface area contributed by atoms with E-state index in [-0.39, 0.29) is 11.4 Å². The molecule has 0 saturated heterocycles. The summed E-state index contributed by atoms with van der Waals surface area (Å²) in [5.41, 5.74) is -0.0674. The van der Waals surface area contributed by atoms with Crippen LogP contribution >= 0.6 is 0 Å². The number of hydrogen-bond acceptors (Lipinski definition) is 5. The molecule has 0 aliphatic heterocycles. The minimum Gasteiger partial charge on any atom is -0.437 e. The van der Waals surface area contributed by atoms with Gasteiger partial charge in [-0.2, -0.15) is 0 Å². The van der Waals surface area contributed by atoms with Gasteiger partial charge in [-0.15, -0.1) is 0 Å². The van der Waals surface area contributed by atoms with Gasteiger partial charge in [0.05, 0.1) is 12.0 Å². The molecule has 0 spiro atoms. The lowest BCUT2D eigenvalue weighted by Gasteiger charge is -2.00. The van der Waals surface area contributed by atoms with Gasteiger partial charge < -0.3 is 9.47 Å². The lowest BCUT2D eigenvalue weighted by molar-refractivity contribution is -0.384. The Hall–Kier alpha value is -2.11. The molecule has 0 saturated carbocycles. The Morgan fingerprint density at radius 1 is 1.25 bits per heavy atom. The first-order chi connectivity index (χ1) is 7.63. The molecule has 0 bridgehead atoms. The van der Waals surface area contributed by atoms with E-state index >= 15 is 0 Å². The number of rotatable bonds is 2. The predicted molar refractivity (Wildman–Crippen MR) is 57.5 cm³/mol. The largest absolute Gasteiger partial charge is 0.513 e. The molecule has 1 aromatic rings. The van der Waals surface area contributed by atoms with E-state index < -0.39 is 11.1 Å². The molecular weight excluding hydrogens is 214 g/mol. The van der Waals surface area contributed by atoms with Crippen LogP contribution in [-0.4, -0.2) is 18.2 Å². The summed E-state index contributed by atoms with van der Waals surface area (Å²) in [5, 5.41) is 10.3. The second-order valence-electron chi connectivity index (χ2n) is 2.31. The standard InChI is InChI=1S/C8H7NO5.C2H6/c1-13-8(10)14-7-4-2-6(3-5-7)9(11)12;1-2/h2-5H,1H3;1-2H3. The van der Waals surface area contributed by atoms with Crippen LogP contribution in [0.2, 0.25) is 0 Å². The zero-order valence-electron chi connectivity index (χ0n) is 9.30. The minimum atomic E-state index is -0.862. The van der Waals surface area contributed by atoms with Crippen molar-refractivity contribution in [3.05, 3.63) is 34.4 Å². The summed E-state index contributed by atoms with van der Waals surface area (Å²) in [5.74, 6) is 0.197. The van der Waals surface area contributed by atoms with Crippen LogP contribution in [0, 0.1) is 10.1 Å². The van der Waals surface area contributed by atoms with Crippen LogP contribution in [0.15, 0.2) is 24.3 Å². The Labute approximate surface area is 92.9 Å². The molecule has 16 heavy (non-hydrogen) atoms. The van der Waals surface area contributed by atoms with Crippen molar-refractivity contribution in [1.82, 2.24) is 0 Å². The van der Waals surface area contributed by atoms with Crippen LogP contribution in [0.5, 0.6) is 5.75 Å². The maximum atomic E-state index is 10.6. The van der Waals surface area contributed by atoms with Crippen molar-refractivity contribution < 1.29 is 19.2 Å². The van der Waals surface area contributed by atoms with E-state index in [0.29, 0.717) is 0 Å². The maximum absolute atomic E-state index is 10.6. The van der Waals surface area contributed by atoms with Gasteiger partial charge in [0.25, 0.3) is 5.69 Å². The highest BCUT2D eigenvalue weighted by Crippen LogP contribution is 2.17. The van der Waals surface area contributed by atoms with Gasteiger partial charge >= 0.3 is 6.16 Å². The summed E-state index contributed by atoms with van der Waals surface area (Å²) in [6, 6.07) is 5.10. The number of methoxy groups -OCH3 is 1. The smallest absolute Gasteiger partial charge is 0.437 e. The third kappa shape index (κ3) is 4.41. The van der Waals surface area contributed by atoms with Gasteiger partial charge in [-0.25, -0.2) is 4.79 Å². The predicted octanol–water partition coefficient (Wildman–Crippen LogP) is 2.77. The number of ether oxygens (including phenoxy) is 2.